The van der Waals surface area contributed by atoms with Gasteiger partial charge in [0.25, 0.3) is 0 Å². The Kier molecular flexibility index (Phi) is 9.00. The molecule has 1 saturated heterocycles. The van der Waals surface area contributed by atoms with E-state index in [4.69, 9.17) is 4.74 Å². The number of hydrogen-bond donors (Lipinski definition) is 1. The summed E-state index contributed by atoms with van der Waals surface area (Å²) < 4.78 is 46.9. The molecule has 1 aliphatic rings. The van der Waals surface area contributed by atoms with E-state index in [1.807, 2.05) is 0 Å². The Morgan fingerprint density at radius 1 is 1.23 bits per heavy atom. The summed E-state index contributed by atoms with van der Waals surface area (Å²) in [5, 5.41) is 3.34. The second kappa shape index (κ2) is 10.2. The molecule has 1 unspecified atom stereocenters. The third kappa shape index (κ3) is 6.21. The smallest absolute Gasteiger partial charge is 0.496 e. The lowest BCUT2D eigenvalue weighted by atomic mass is 9.88. The molecule has 0 radical (unpaired) electrons. The Hall–Kier alpha value is -1.18. The van der Waals surface area contributed by atoms with Gasteiger partial charge in [-0.15, -0.1) is 25.6 Å². The summed E-state index contributed by atoms with van der Waals surface area (Å²) in [5.74, 6) is 0.551. The van der Waals surface area contributed by atoms with Crippen LogP contribution in [-0.2, 0) is 0 Å². The van der Waals surface area contributed by atoms with Gasteiger partial charge >= 0.3 is 6.36 Å². The zero-order valence-electron chi connectivity index (χ0n) is 15.4. The third-order valence-corrected chi connectivity index (χ3v) is 4.59. The normalized spacial score (nSPS) is 17.9. The van der Waals surface area contributed by atoms with E-state index in [2.05, 4.69) is 28.8 Å². The first-order valence-corrected chi connectivity index (χ1v) is 8.74. The average Bonchev–Trinajstić information content (AvgIpc) is 2.56. The summed E-state index contributed by atoms with van der Waals surface area (Å²) in [6.07, 6.45) is -2.61. The molecule has 0 aliphatic carbocycles. The van der Waals surface area contributed by atoms with Crippen LogP contribution in [0.2, 0.25) is 0 Å². The fraction of sp³-hybridized carbons (Fsp3) is 0.667. The highest BCUT2D eigenvalue weighted by molar-refractivity contribution is 5.85. The number of nitrogens with one attached hydrogen (secondary N) is 1. The molecular weight excluding hydrogens is 369 g/mol. The van der Waals surface area contributed by atoms with E-state index in [9.17, 15) is 13.2 Å². The van der Waals surface area contributed by atoms with Gasteiger partial charge in [-0.3, -0.25) is 4.90 Å². The number of ether oxygens (including phenoxy) is 2. The topological polar surface area (TPSA) is 33.7 Å². The van der Waals surface area contributed by atoms with E-state index >= 15 is 0 Å². The van der Waals surface area contributed by atoms with Crippen molar-refractivity contribution in [2.24, 2.45) is 5.92 Å². The van der Waals surface area contributed by atoms with Crippen LogP contribution in [0.5, 0.6) is 11.5 Å². The lowest BCUT2D eigenvalue weighted by Crippen LogP contribution is -2.46. The van der Waals surface area contributed by atoms with Gasteiger partial charge in [0.1, 0.15) is 11.5 Å². The van der Waals surface area contributed by atoms with Crippen molar-refractivity contribution < 1.29 is 22.6 Å². The van der Waals surface area contributed by atoms with Gasteiger partial charge in [-0.2, -0.15) is 0 Å². The Bertz CT molecular complexity index is 552. The number of rotatable bonds is 7. The number of hydrogen-bond acceptors (Lipinski definition) is 4. The molecule has 8 heteroatoms. The van der Waals surface area contributed by atoms with Gasteiger partial charge in [0.05, 0.1) is 7.11 Å². The number of halogens is 4. The van der Waals surface area contributed by atoms with Crippen molar-refractivity contribution in [1.29, 1.82) is 0 Å². The molecule has 0 bridgehead atoms. The SMILES string of the molecule is CCCC(C)[C@H](c1ccc(OC(F)(F)F)cc1OC)N1CCNCC1.Cl. The first-order chi connectivity index (χ1) is 11.9. The van der Waals surface area contributed by atoms with Crippen LogP contribution >= 0.6 is 12.4 Å². The minimum atomic E-state index is -4.71. The van der Waals surface area contributed by atoms with Gasteiger partial charge < -0.3 is 14.8 Å². The Labute approximate surface area is 159 Å². The van der Waals surface area contributed by atoms with Crippen molar-refractivity contribution in [3.8, 4) is 11.5 Å². The Morgan fingerprint density at radius 3 is 2.42 bits per heavy atom. The fourth-order valence-corrected chi connectivity index (χ4v) is 3.57. The Morgan fingerprint density at radius 2 is 1.88 bits per heavy atom. The molecule has 1 aromatic carbocycles. The maximum absolute atomic E-state index is 12.5. The molecule has 2 rings (SSSR count). The van der Waals surface area contributed by atoms with Crippen molar-refractivity contribution in [3.05, 3.63) is 23.8 Å². The summed E-state index contributed by atoms with van der Waals surface area (Å²) in [6, 6.07) is 4.52. The van der Waals surface area contributed by atoms with E-state index in [1.165, 1.54) is 19.2 Å². The molecule has 1 fully saturated rings. The van der Waals surface area contributed by atoms with Crippen LogP contribution in [0.1, 0.15) is 38.3 Å². The predicted octanol–water partition coefficient (Wildman–Crippen LogP) is 4.40. The number of nitrogens with zero attached hydrogens (tertiary/aromatic N) is 1. The molecule has 1 aliphatic heterocycles. The average molecular weight is 397 g/mol. The molecule has 2 atom stereocenters. The minimum Gasteiger partial charge on any atom is -0.496 e. The molecule has 0 aromatic heterocycles. The maximum atomic E-state index is 12.5. The molecule has 1 heterocycles. The summed E-state index contributed by atoms with van der Waals surface area (Å²) >= 11 is 0. The van der Waals surface area contributed by atoms with Crippen LogP contribution in [0.25, 0.3) is 0 Å². The van der Waals surface area contributed by atoms with Crippen molar-refractivity contribution in [2.75, 3.05) is 33.3 Å². The van der Waals surface area contributed by atoms with Crippen LogP contribution in [0.15, 0.2) is 18.2 Å². The lowest BCUT2D eigenvalue weighted by molar-refractivity contribution is -0.274. The standard InChI is InChI=1S/C18H27F3N2O2.ClH/c1-4-5-13(2)17(23-10-8-22-9-11-23)15-7-6-14(12-16(15)24-3)25-18(19,20)21;/h6-7,12-13,17,22H,4-5,8-11H2,1-3H3;1H/t13?,17-;/m1./s1. The van der Waals surface area contributed by atoms with Crippen molar-refractivity contribution in [3.63, 3.8) is 0 Å². The number of benzene rings is 1. The van der Waals surface area contributed by atoms with Gasteiger partial charge in [0.2, 0.25) is 0 Å². The molecule has 1 aromatic rings. The molecule has 150 valence electrons. The van der Waals surface area contributed by atoms with E-state index in [0.29, 0.717) is 11.7 Å². The van der Waals surface area contributed by atoms with Gasteiger partial charge in [0.15, 0.2) is 0 Å². The van der Waals surface area contributed by atoms with Crippen LogP contribution in [-0.4, -0.2) is 44.6 Å². The van der Waals surface area contributed by atoms with E-state index in [0.717, 1.165) is 44.6 Å². The number of alkyl halides is 3. The highest BCUT2D eigenvalue weighted by Gasteiger charge is 2.33. The first-order valence-electron chi connectivity index (χ1n) is 8.74. The summed E-state index contributed by atoms with van der Waals surface area (Å²) in [4.78, 5) is 2.39. The Balaban J connectivity index is 0.00000338. The molecule has 0 saturated carbocycles. The van der Waals surface area contributed by atoms with E-state index < -0.39 is 6.36 Å². The summed E-state index contributed by atoms with van der Waals surface area (Å²) in [7, 11) is 1.48. The van der Waals surface area contributed by atoms with Gasteiger partial charge in [-0.1, -0.05) is 26.3 Å². The van der Waals surface area contributed by atoms with Crippen LogP contribution in [0.4, 0.5) is 13.2 Å². The maximum Gasteiger partial charge on any atom is 0.573 e. The molecule has 4 nitrogen and oxygen atoms in total. The monoisotopic (exact) mass is 396 g/mol. The molecule has 0 spiro atoms. The zero-order chi connectivity index (χ0) is 18.4. The molecule has 0 amide bonds. The largest absolute Gasteiger partial charge is 0.573 e. The second-order valence-electron chi connectivity index (χ2n) is 6.45. The zero-order valence-corrected chi connectivity index (χ0v) is 16.3. The van der Waals surface area contributed by atoms with Crippen molar-refractivity contribution >= 4 is 12.4 Å². The van der Waals surface area contributed by atoms with Gasteiger partial charge in [-0.25, -0.2) is 0 Å². The van der Waals surface area contributed by atoms with Crippen LogP contribution < -0.4 is 14.8 Å². The van der Waals surface area contributed by atoms with Gasteiger partial charge in [-0.05, 0) is 18.4 Å². The molecular formula is C18H28ClF3N2O2. The predicted molar refractivity (Wildman–Crippen MR) is 98.2 cm³/mol. The third-order valence-electron chi connectivity index (χ3n) is 4.59. The van der Waals surface area contributed by atoms with Crippen LogP contribution in [0.3, 0.4) is 0 Å². The van der Waals surface area contributed by atoms with Crippen molar-refractivity contribution in [1.82, 2.24) is 10.2 Å². The highest BCUT2D eigenvalue weighted by Crippen LogP contribution is 2.39. The molecule has 1 N–H and O–H groups in total. The van der Waals surface area contributed by atoms with E-state index in [-0.39, 0.29) is 24.2 Å². The first kappa shape index (κ1) is 22.9. The summed E-state index contributed by atoms with van der Waals surface area (Å²) in [6.45, 7) is 7.96. The summed E-state index contributed by atoms with van der Waals surface area (Å²) in [5.41, 5.74) is 0.917. The van der Waals surface area contributed by atoms with Crippen LogP contribution in [0, 0.1) is 5.92 Å². The fourth-order valence-electron chi connectivity index (χ4n) is 3.57. The molecule has 26 heavy (non-hydrogen) atoms. The lowest BCUT2D eigenvalue weighted by Gasteiger charge is -2.39. The highest BCUT2D eigenvalue weighted by atomic mass is 35.5. The van der Waals surface area contributed by atoms with E-state index in [1.54, 1.807) is 6.07 Å². The van der Waals surface area contributed by atoms with Crippen molar-refractivity contribution in [2.45, 2.75) is 39.1 Å². The quantitative estimate of drug-likeness (QED) is 0.740. The second-order valence-corrected chi connectivity index (χ2v) is 6.45. The minimum absolute atomic E-state index is 0. The number of piperazine rings is 1. The number of methoxy groups -OCH3 is 1. The van der Waals surface area contributed by atoms with Gasteiger partial charge in [0, 0.05) is 43.9 Å².